The van der Waals surface area contributed by atoms with Gasteiger partial charge in [-0.05, 0) is 0 Å². The molecule has 0 atom stereocenters. The summed E-state index contributed by atoms with van der Waals surface area (Å²) in [7, 11) is 0. The summed E-state index contributed by atoms with van der Waals surface area (Å²) in [4.78, 5) is 15.1. The zero-order valence-corrected chi connectivity index (χ0v) is 5.20. The van der Waals surface area contributed by atoms with Crippen molar-refractivity contribution in [3.63, 3.8) is 0 Å². The molecule has 0 bridgehead atoms. The summed E-state index contributed by atoms with van der Waals surface area (Å²) < 4.78 is 0. The van der Waals surface area contributed by atoms with E-state index in [0.29, 0.717) is 0 Å². The Morgan fingerprint density at radius 2 is 1.00 bits per heavy atom. The van der Waals surface area contributed by atoms with Crippen LogP contribution < -0.4 is 0 Å². The molecule has 56 valence electrons. The Morgan fingerprint density at radius 1 is 1.00 bits per heavy atom. The van der Waals surface area contributed by atoms with Crippen LogP contribution in [-0.2, 0) is 32.0 Å². The molecule has 8 heavy (non-hydrogen) atoms. The van der Waals surface area contributed by atoms with Crippen LogP contribution in [0.15, 0.2) is 0 Å². The van der Waals surface area contributed by atoms with Crippen LogP contribution in [0.25, 0.3) is 0 Å². The summed E-state index contributed by atoms with van der Waals surface area (Å²) in [5.74, 6) is 0. The predicted molar refractivity (Wildman–Crippen MR) is 16.0 cm³/mol. The van der Waals surface area contributed by atoms with Crippen LogP contribution in [0.4, 0.5) is 9.59 Å². The van der Waals surface area contributed by atoms with Crippen LogP contribution in [0.1, 0.15) is 0 Å². The van der Waals surface area contributed by atoms with Crippen LogP contribution in [0.2, 0.25) is 0 Å². The molecular formula is C2H2Cu2O4. The molecule has 6 heteroatoms. The fourth-order valence-corrected chi connectivity index (χ4v) is 0. The first-order valence-corrected chi connectivity index (χ1v) is 2.10. The Hall–Kier alpha value is -0.0210. The van der Waals surface area contributed by atoms with E-state index < -0.39 is 9.74 Å². The van der Waals surface area contributed by atoms with E-state index in [4.69, 9.17) is 19.8 Å². The van der Waals surface area contributed by atoms with Crippen molar-refractivity contribution in [3.8, 4) is 0 Å². The fourth-order valence-electron chi connectivity index (χ4n) is 0. The van der Waals surface area contributed by atoms with E-state index in [9.17, 15) is 0 Å². The van der Waals surface area contributed by atoms with Crippen LogP contribution in [0.3, 0.4) is 0 Å². The number of hydrogen-bond donors (Lipinski definition) is 2. The van der Waals surface area contributed by atoms with Crippen LogP contribution >= 0.6 is 0 Å². The van der Waals surface area contributed by atoms with Crippen molar-refractivity contribution in [2.75, 3.05) is 0 Å². The summed E-state index contributed by atoms with van der Waals surface area (Å²) in [5, 5.41) is 14.4. The van der Waals surface area contributed by atoms with E-state index in [1.165, 1.54) is 0 Å². The van der Waals surface area contributed by atoms with Crippen molar-refractivity contribution in [3.05, 3.63) is 0 Å². The zero-order chi connectivity index (χ0) is 7.15. The third kappa shape index (κ3) is 335000. The zero-order valence-electron chi connectivity index (χ0n) is 3.31. The van der Waals surface area contributed by atoms with E-state index in [1.807, 2.05) is 0 Å². The summed E-state index contributed by atoms with van der Waals surface area (Å²) in [5.41, 5.74) is 0. The monoisotopic (exact) mass is 216 g/mol. The normalized spacial score (nSPS) is 6.50. The second kappa shape index (κ2) is 6.98. The van der Waals surface area contributed by atoms with E-state index in [0.717, 1.165) is 0 Å². The van der Waals surface area contributed by atoms with Crippen LogP contribution in [0, 0.1) is 0 Å². The summed E-state index contributed by atoms with van der Waals surface area (Å²) in [6.45, 7) is 0. The Bertz CT molecular complexity index is 70.0. The number of rotatable bonds is 0. The second-order valence-electron chi connectivity index (χ2n) is 0.441. The molecule has 0 saturated heterocycles. The minimum absolute atomic E-state index is 1.27. The fraction of sp³-hybridized carbons (Fsp3) is 0. The molecule has 0 aromatic rings. The van der Waals surface area contributed by atoms with Gasteiger partial charge in [0.25, 0.3) is 0 Å². The SMILES string of the molecule is O=[C](O)[Cu].O=[C](O)[Cu]. The molecule has 0 radical (unpaired) electrons. The molecule has 0 aliphatic rings. The van der Waals surface area contributed by atoms with Crippen molar-refractivity contribution in [2.45, 2.75) is 0 Å². The molecule has 0 spiro atoms. The summed E-state index contributed by atoms with van der Waals surface area (Å²) in [6.07, 6.45) is 0. The molecule has 0 aromatic heterocycles. The van der Waals surface area contributed by atoms with Crippen molar-refractivity contribution in [1.29, 1.82) is 0 Å². The van der Waals surface area contributed by atoms with Gasteiger partial charge in [0.1, 0.15) is 0 Å². The average Bonchev–Trinajstić information content (AvgIpc) is 1.25. The number of carboxylic acid groups (broad SMARTS) is 2. The van der Waals surface area contributed by atoms with Gasteiger partial charge in [-0.2, -0.15) is 0 Å². The molecule has 0 aliphatic heterocycles. The van der Waals surface area contributed by atoms with Gasteiger partial charge in [0.2, 0.25) is 0 Å². The van der Waals surface area contributed by atoms with Crippen molar-refractivity contribution >= 4 is 9.74 Å². The summed E-state index contributed by atoms with van der Waals surface area (Å²) in [6, 6.07) is 0. The Labute approximate surface area is 61.9 Å². The van der Waals surface area contributed by atoms with E-state index in [-0.39, 0.29) is 0 Å². The maximum atomic E-state index is 8.81. The van der Waals surface area contributed by atoms with Gasteiger partial charge in [-0.1, -0.05) is 0 Å². The van der Waals surface area contributed by atoms with E-state index in [1.54, 1.807) is 0 Å². The predicted octanol–water partition coefficient (Wildman–Crippen LogP) is 0.422. The molecule has 0 fully saturated rings. The van der Waals surface area contributed by atoms with Gasteiger partial charge < -0.3 is 0 Å². The molecule has 0 rings (SSSR count). The average molecular weight is 217 g/mol. The molecule has 4 nitrogen and oxygen atoms in total. The van der Waals surface area contributed by atoms with Crippen molar-refractivity contribution in [1.82, 2.24) is 0 Å². The van der Waals surface area contributed by atoms with Gasteiger partial charge in [0.15, 0.2) is 0 Å². The van der Waals surface area contributed by atoms with Crippen molar-refractivity contribution in [2.24, 2.45) is 0 Å². The molecule has 0 amide bonds. The minimum atomic E-state index is -1.27. The van der Waals surface area contributed by atoms with Crippen LogP contribution in [-0.4, -0.2) is 19.9 Å². The molecule has 0 saturated carbocycles. The second-order valence-corrected chi connectivity index (χ2v) is 1.25. The Morgan fingerprint density at radius 3 is 1.00 bits per heavy atom. The van der Waals surface area contributed by atoms with Gasteiger partial charge in [0, 0.05) is 0 Å². The first-order valence-electron chi connectivity index (χ1n) is 1.16. The molecule has 0 heterocycles. The topological polar surface area (TPSA) is 74.6 Å². The molecule has 0 aromatic carbocycles. The Kier molecular flexibility index (Phi) is 9.48. The maximum absolute atomic E-state index is 8.81. The quantitative estimate of drug-likeness (QED) is 0.577. The third-order valence-corrected chi connectivity index (χ3v) is 0. The summed E-state index contributed by atoms with van der Waals surface area (Å²) >= 11 is 7.32. The molecule has 0 unspecified atom stereocenters. The first kappa shape index (κ1) is 10.9. The van der Waals surface area contributed by atoms with Crippen molar-refractivity contribution < 1.29 is 51.8 Å². The Balaban J connectivity index is 0. The molecule has 0 aliphatic carbocycles. The van der Waals surface area contributed by atoms with Gasteiger partial charge >= 0.3 is 61.6 Å². The van der Waals surface area contributed by atoms with Crippen LogP contribution in [0.5, 0.6) is 0 Å². The molecule has 2 N–H and O–H groups in total. The van der Waals surface area contributed by atoms with Gasteiger partial charge in [0.05, 0.1) is 0 Å². The van der Waals surface area contributed by atoms with Gasteiger partial charge in [-0.15, -0.1) is 0 Å². The number of hydrogen-bond acceptors (Lipinski definition) is 2. The van der Waals surface area contributed by atoms with Gasteiger partial charge in [-0.3, -0.25) is 0 Å². The van der Waals surface area contributed by atoms with Gasteiger partial charge in [-0.25, -0.2) is 0 Å². The standard InChI is InChI=1S/2CHO2.2Cu/c2*2-1-3;;/h2*(H,2,3);;. The number of carbonyl (C=O) groups is 2. The third-order valence-electron chi connectivity index (χ3n) is 0. The first-order chi connectivity index (χ1) is 3.46. The molecular weight excluding hydrogens is 215 g/mol. The van der Waals surface area contributed by atoms with E-state index >= 15 is 0 Å². The van der Waals surface area contributed by atoms with E-state index in [2.05, 4.69) is 32.0 Å².